The number of nitrogens with zero attached hydrogens (tertiary/aromatic N) is 2. The number of halogens is 2. The summed E-state index contributed by atoms with van der Waals surface area (Å²) in [6.45, 7) is 0. The number of benzene rings is 2. The van der Waals surface area contributed by atoms with Gasteiger partial charge in [0.1, 0.15) is 23.4 Å². The molecule has 0 bridgehead atoms. The topological polar surface area (TPSA) is 79.5 Å². The number of fused-ring (bicyclic) bond motifs is 1. The zero-order valence-electron chi connectivity index (χ0n) is 17.7. The van der Waals surface area contributed by atoms with Gasteiger partial charge in [0.2, 0.25) is 5.96 Å². The lowest BCUT2D eigenvalue weighted by Gasteiger charge is -2.33. The highest BCUT2D eigenvalue weighted by molar-refractivity contribution is 7.22. The molecule has 0 fully saturated rings. The number of carbonyl (C=O) groups is 1. The number of aromatic nitrogens is 1. The molecule has 2 atom stereocenters. The van der Waals surface area contributed by atoms with Crippen LogP contribution in [0.4, 0.5) is 13.9 Å². The summed E-state index contributed by atoms with van der Waals surface area (Å²) in [6, 6.07) is 13.8. The molecular formula is C25H18F2N4O2S. The maximum absolute atomic E-state index is 14.1. The number of furan rings is 1. The van der Waals surface area contributed by atoms with Crippen LogP contribution < -0.4 is 10.6 Å². The van der Waals surface area contributed by atoms with Gasteiger partial charge in [-0.25, -0.2) is 18.8 Å². The van der Waals surface area contributed by atoms with Gasteiger partial charge in [-0.1, -0.05) is 23.5 Å². The van der Waals surface area contributed by atoms with Crippen LogP contribution in [0.5, 0.6) is 0 Å². The Bertz CT molecular complexity index is 1420. The van der Waals surface area contributed by atoms with Crippen LogP contribution in [0.1, 0.15) is 36.1 Å². The number of anilines is 1. The van der Waals surface area contributed by atoms with E-state index < -0.39 is 17.7 Å². The Morgan fingerprint density at radius 1 is 1.06 bits per heavy atom. The van der Waals surface area contributed by atoms with E-state index in [4.69, 9.17) is 4.42 Å². The highest BCUT2D eigenvalue weighted by Gasteiger charge is 2.38. The van der Waals surface area contributed by atoms with E-state index in [1.165, 1.54) is 23.5 Å². The fourth-order valence-corrected chi connectivity index (χ4v) is 5.39. The Hall–Kier alpha value is -3.85. The summed E-state index contributed by atoms with van der Waals surface area (Å²) in [5, 5.41) is 7.04. The second-order valence-electron chi connectivity index (χ2n) is 8.26. The van der Waals surface area contributed by atoms with Crippen molar-refractivity contribution in [2.45, 2.75) is 24.8 Å². The molecule has 6 rings (SSSR count). The monoisotopic (exact) mass is 476 g/mol. The maximum atomic E-state index is 14.1. The Kier molecular flexibility index (Phi) is 4.99. The lowest BCUT2D eigenvalue weighted by Crippen LogP contribution is -2.39. The van der Waals surface area contributed by atoms with Crippen molar-refractivity contribution in [3.05, 3.63) is 95.1 Å². The van der Waals surface area contributed by atoms with Crippen LogP contribution in [-0.4, -0.2) is 16.7 Å². The second-order valence-corrected chi connectivity index (χ2v) is 9.29. The lowest BCUT2D eigenvalue weighted by atomic mass is 9.80. The summed E-state index contributed by atoms with van der Waals surface area (Å²) >= 11 is 1.46. The number of rotatable bonds is 3. The van der Waals surface area contributed by atoms with Crippen molar-refractivity contribution in [1.29, 1.82) is 0 Å². The normalized spacial score (nSPS) is 20.2. The molecule has 170 valence electrons. The first-order chi connectivity index (χ1) is 16.5. The van der Waals surface area contributed by atoms with E-state index in [2.05, 4.69) is 20.6 Å². The van der Waals surface area contributed by atoms with Crippen molar-refractivity contribution in [3.63, 3.8) is 0 Å². The Morgan fingerprint density at radius 3 is 2.65 bits per heavy atom. The minimum absolute atomic E-state index is 0.132. The number of guanidine groups is 1. The molecule has 2 unspecified atom stereocenters. The summed E-state index contributed by atoms with van der Waals surface area (Å²) in [7, 11) is 0. The lowest BCUT2D eigenvalue weighted by molar-refractivity contribution is -0.116. The molecule has 9 heteroatoms. The average Bonchev–Trinajstić information content (AvgIpc) is 3.47. The molecule has 2 N–H and O–H groups in total. The largest absolute Gasteiger partial charge is 0.469 e. The zero-order chi connectivity index (χ0) is 23.2. The van der Waals surface area contributed by atoms with Crippen molar-refractivity contribution in [2.24, 2.45) is 4.99 Å². The van der Waals surface area contributed by atoms with E-state index in [-0.39, 0.29) is 23.7 Å². The first-order valence-electron chi connectivity index (χ1n) is 10.8. The SMILES string of the molecule is O=C1CC(c2ccco2)CC2=C1C(c1cc(F)cc(F)c1)N=C(Nc1nc3ccccc3s1)N2. The summed E-state index contributed by atoms with van der Waals surface area (Å²) < 4.78 is 34.7. The van der Waals surface area contributed by atoms with E-state index in [9.17, 15) is 13.6 Å². The fourth-order valence-electron chi connectivity index (χ4n) is 4.52. The molecule has 4 aromatic rings. The van der Waals surface area contributed by atoms with Crippen LogP contribution in [0.25, 0.3) is 10.2 Å². The van der Waals surface area contributed by atoms with Crippen molar-refractivity contribution < 1.29 is 18.0 Å². The molecule has 0 saturated carbocycles. The van der Waals surface area contributed by atoms with Gasteiger partial charge >= 0.3 is 0 Å². The van der Waals surface area contributed by atoms with Crippen molar-refractivity contribution in [1.82, 2.24) is 10.3 Å². The average molecular weight is 477 g/mol. The summed E-state index contributed by atoms with van der Waals surface area (Å²) in [5.74, 6) is -0.627. The standard InChI is InChI=1S/C25H18F2N4O2S/c26-15-8-14(9-16(27)12-15)23-22-18(10-13(11-19(22)32)20-5-3-7-33-20)28-24(30-23)31-25-29-17-4-1-2-6-21(17)34-25/h1-9,12-13,23H,10-11H2,(H2,28,29,30,31). The molecule has 2 aliphatic rings. The quantitative estimate of drug-likeness (QED) is 0.398. The van der Waals surface area contributed by atoms with Crippen LogP contribution in [0.3, 0.4) is 0 Å². The number of hydrogen-bond donors (Lipinski definition) is 2. The molecule has 0 radical (unpaired) electrons. The molecule has 0 saturated heterocycles. The van der Waals surface area contributed by atoms with Crippen molar-refractivity contribution in [3.8, 4) is 0 Å². The zero-order valence-corrected chi connectivity index (χ0v) is 18.5. The van der Waals surface area contributed by atoms with Crippen LogP contribution in [0.15, 0.2) is 81.5 Å². The number of carbonyl (C=O) groups excluding carboxylic acids is 1. The van der Waals surface area contributed by atoms with Crippen molar-refractivity contribution >= 4 is 38.4 Å². The van der Waals surface area contributed by atoms with Gasteiger partial charge in [0.05, 0.1) is 16.5 Å². The smallest absolute Gasteiger partial charge is 0.202 e. The van der Waals surface area contributed by atoms with Crippen molar-refractivity contribution in [2.75, 3.05) is 5.32 Å². The third kappa shape index (κ3) is 3.77. The number of thiazole rings is 1. The van der Waals surface area contributed by atoms with Gasteiger partial charge in [0.25, 0.3) is 0 Å². The highest BCUT2D eigenvalue weighted by atomic mass is 32.1. The Morgan fingerprint density at radius 2 is 1.88 bits per heavy atom. The third-order valence-corrected chi connectivity index (χ3v) is 6.93. The Labute approximate surface area is 197 Å². The molecule has 0 amide bonds. The minimum atomic E-state index is -0.844. The number of ketones is 1. The summed E-state index contributed by atoms with van der Waals surface area (Å²) in [4.78, 5) is 22.5. The van der Waals surface area contributed by atoms with E-state index in [0.717, 1.165) is 22.0 Å². The molecule has 1 aliphatic carbocycles. The van der Waals surface area contributed by atoms with E-state index in [0.29, 0.717) is 28.8 Å². The van der Waals surface area contributed by atoms with Gasteiger partial charge in [-0.3, -0.25) is 4.79 Å². The number of nitrogens with one attached hydrogen (secondary N) is 2. The molecule has 2 aromatic carbocycles. The van der Waals surface area contributed by atoms with E-state index in [1.807, 2.05) is 30.3 Å². The molecule has 3 heterocycles. The second kappa shape index (κ2) is 8.18. The third-order valence-electron chi connectivity index (χ3n) is 5.97. The molecular weight excluding hydrogens is 458 g/mol. The van der Waals surface area contributed by atoms with Crippen LogP contribution in [0, 0.1) is 11.6 Å². The van der Waals surface area contributed by atoms with Crippen LogP contribution >= 0.6 is 11.3 Å². The van der Waals surface area contributed by atoms with Gasteiger partial charge in [0.15, 0.2) is 10.9 Å². The molecule has 2 aromatic heterocycles. The predicted molar refractivity (Wildman–Crippen MR) is 126 cm³/mol. The molecule has 0 spiro atoms. The van der Waals surface area contributed by atoms with Crippen LogP contribution in [0.2, 0.25) is 0 Å². The first-order valence-corrected chi connectivity index (χ1v) is 11.6. The van der Waals surface area contributed by atoms with Gasteiger partial charge in [0, 0.05) is 29.7 Å². The number of para-hydroxylation sites is 1. The highest BCUT2D eigenvalue weighted by Crippen LogP contribution is 2.42. The maximum Gasteiger partial charge on any atom is 0.202 e. The molecule has 6 nitrogen and oxygen atoms in total. The number of allylic oxidation sites excluding steroid dienone is 1. The van der Waals surface area contributed by atoms with Gasteiger partial charge < -0.3 is 15.1 Å². The van der Waals surface area contributed by atoms with Crippen LogP contribution in [-0.2, 0) is 4.79 Å². The fraction of sp³-hybridized carbons (Fsp3) is 0.160. The molecule has 1 aliphatic heterocycles. The molecule has 34 heavy (non-hydrogen) atoms. The van der Waals surface area contributed by atoms with E-state index in [1.54, 1.807) is 12.3 Å². The summed E-state index contributed by atoms with van der Waals surface area (Å²) in [5.41, 5.74) is 2.20. The Balaban J connectivity index is 1.40. The van der Waals surface area contributed by atoms with E-state index >= 15 is 0 Å². The number of hydrogen-bond acceptors (Lipinski definition) is 7. The van der Waals surface area contributed by atoms with Gasteiger partial charge in [-0.2, -0.15) is 0 Å². The summed E-state index contributed by atoms with van der Waals surface area (Å²) in [6.07, 6.45) is 2.32. The predicted octanol–water partition coefficient (Wildman–Crippen LogP) is 5.68. The number of aliphatic imine (C=N–C) groups is 1. The van der Waals surface area contributed by atoms with Gasteiger partial charge in [-0.05, 0) is 48.4 Å². The minimum Gasteiger partial charge on any atom is -0.469 e. The number of Topliss-reactive ketones (excluding diaryl/α,β-unsaturated/α-hetero) is 1. The van der Waals surface area contributed by atoms with Gasteiger partial charge in [-0.15, -0.1) is 0 Å². The first kappa shape index (κ1) is 20.7.